The molecule has 0 saturated heterocycles. The Kier molecular flexibility index (Phi) is 6.87. The molecule has 2 heterocycles. The van der Waals surface area contributed by atoms with E-state index in [2.05, 4.69) is 0 Å². The molecule has 5 aromatic rings. The molecule has 0 spiro atoms. The van der Waals surface area contributed by atoms with Gasteiger partial charge in [0.05, 0.1) is 35.5 Å². The number of hydrogen-bond donors (Lipinski definition) is 0. The molecule has 0 atom stereocenters. The molecular weight excluding hydrogens is 474 g/mol. The first-order chi connectivity index (χ1) is 17.6. The van der Waals surface area contributed by atoms with Crippen molar-refractivity contribution < 1.29 is 13.9 Å². The lowest BCUT2D eigenvalue weighted by molar-refractivity contribution is 0.0717. The number of ether oxygens (including phenoxy) is 1. The Morgan fingerprint density at radius 1 is 0.917 bits per heavy atom. The third-order valence-corrected chi connectivity index (χ3v) is 6.09. The number of aryl methyl sites for hydroxylation is 1. The van der Waals surface area contributed by atoms with Crippen LogP contribution in [0.4, 0.5) is 0 Å². The fraction of sp³-hybridized carbons (Fsp3) is 0.103. The largest absolute Gasteiger partial charge is 0.467 e. The third-order valence-electron chi connectivity index (χ3n) is 5.76. The first kappa shape index (κ1) is 23.5. The van der Waals surface area contributed by atoms with Crippen LogP contribution in [0.2, 0.25) is 5.02 Å². The Morgan fingerprint density at radius 3 is 2.31 bits per heavy atom. The topological polar surface area (TPSA) is 60.5 Å². The average Bonchev–Trinajstić information content (AvgIpc) is 3.53. The highest BCUT2D eigenvalue weighted by Crippen LogP contribution is 2.35. The number of benzene rings is 3. The van der Waals surface area contributed by atoms with E-state index in [0.717, 1.165) is 16.8 Å². The van der Waals surface area contributed by atoms with Crippen molar-refractivity contribution in [1.29, 1.82) is 0 Å². The Bertz CT molecular complexity index is 1450. The summed E-state index contributed by atoms with van der Waals surface area (Å²) in [6.45, 7) is 0.482. The Morgan fingerprint density at radius 2 is 1.61 bits per heavy atom. The van der Waals surface area contributed by atoms with Gasteiger partial charge in [-0.2, -0.15) is 5.10 Å². The number of amides is 1. The molecule has 36 heavy (non-hydrogen) atoms. The fourth-order valence-electron chi connectivity index (χ4n) is 4.04. The Labute approximate surface area is 214 Å². The predicted molar refractivity (Wildman–Crippen MR) is 139 cm³/mol. The lowest BCUT2D eigenvalue weighted by Gasteiger charge is -2.23. The fourth-order valence-corrected chi connectivity index (χ4v) is 4.25. The maximum atomic E-state index is 13.8. The number of nitrogens with zero attached hydrogens (tertiary/aromatic N) is 3. The van der Waals surface area contributed by atoms with E-state index in [1.165, 1.54) is 0 Å². The van der Waals surface area contributed by atoms with Gasteiger partial charge in [0.25, 0.3) is 5.91 Å². The lowest BCUT2D eigenvalue weighted by Crippen LogP contribution is -2.30. The summed E-state index contributed by atoms with van der Waals surface area (Å²) >= 11 is 6.41. The molecular formula is C29H24ClN3O3. The zero-order valence-electron chi connectivity index (χ0n) is 19.7. The summed E-state index contributed by atoms with van der Waals surface area (Å²) < 4.78 is 13.6. The van der Waals surface area contributed by atoms with Crippen LogP contribution in [-0.4, -0.2) is 20.6 Å². The lowest BCUT2D eigenvalue weighted by atomic mass is 10.1. The summed E-state index contributed by atoms with van der Waals surface area (Å²) in [5.41, 5.74) is 2.86. The number of halogens is 1. The average molecular weight is 498 g/mol. The van der Waals surface area contributed by atoms with Gasteiger partial charge in [0.1, 0.15) is 17.2 Å². The second-order valence-corrected chi connectivity index (χ2v) is 8.66. The zero-order chi connectivity index (χ0) is 24.9. The van der Waals surface area contributed by atoms with Gasteiger partial charge in [-0.05, 0) is 36.4 Å². The highest BCUT2D eigenvalue weighted by Gasteiger charge is 2.26. The molecule has 180 valence electrons. The van der Waals surface area contributed by atoms with Crippen LogP contribution in [0.15, 0.2) is 108 Å². The molecule has 0 N–H and O–H groups in total. The van der Waals surface area contributed by atoms with E-state index in [1.807, 2.05) is 73.8 Å². The summed E-state index contributed by atoms with van der Waals surface area (Å²) in [7, 11) is 1.83. The quantitative estimate of drug-likeness (QED) is 0.232. The summed E-state index contributed by atoms with van der Waals surface area (Å²) in [6.07, 6.45) is 1.59. The first-order valence-corrected chi connectivity index (χ1v) is 11.9. The first-order valence-electron chi connectivity index (χ1n) is 11.5. The van der Waals surface area contributed by atoms with Gasteiger partial charge in [-0.3, -0.25) is 4.79 Å². The molecule has 5 rings (SSSR count). The number of rotatable bonds is 8. The van der Waals surface area contributed by atoms with Crippen LogP contribution in [0, 0.1) is 0 Å². The van der Waals surface area contributed by atoms with E-state index in [4.69, 9.17) is 25.9 Å². The van der Waals surface area contributed by atoms with Gasteiger partial charge >= 0.3 is 0 Å². The van der Waals surface area contributed by atoms with Crippen molar-refractivity contribution in [3.05, 3.63) is 125 Å². The highest BCUT2D eigenvalue weighted by molar-refractivity contribution is 6.33. The molecule has 0 radical (unpaired) electrons. The minimum Gasteiger partial charge on any atom is -0.467 e. The standard InChI is InChI=1S/C29H24ClN3O3/c1-32-29(36-22-13-6-3-7-14-22)25(27(31-32)21-11-4-2-5-12-21)20-33(19-23-15-10-18-35-23)28(34)24-16-8-9-17-26(24)30/h2-18H,19-20H2,1H3. The van der Waals surface area contributed by atoms with Crippen molar-refractivity contribution in [1.82, 2.24) is 14.7 Å². The van der Waals surface area contributed by atoms with Gasteiger partial charge in [0.2, 0.25) is 5.88 Å². The van der Waals surface area contributed by atoms with Crippen LogP contribution in [0.5, 0.6) is 11.6 Å². The molecule has 0 aliphatic carbocycles. The van der Waals surface area contributed by atoms with E-state index in [9.17, 15) is 4.79 Å². The molecule has 3 aromatic carbocycles. The maximum Gasteiger partial charge on any atom is 0.256 e. The zero-order valence-corrected chi connectivity index (χ0v) is 20.4. The second kappa shape index (κ2) is 10.5. The van der Waals surface area contributed by atoms with E-state index in [1.54, 1.807) is 46.2 Å². The highest BCUT2D eigenvalue weighted by atomic mass is 35.5. The number of carbonyl (C=O) groups is 1. The molecule has 0 fully saturated rings. The minimum absolute atomic E-state index is 0.217. The van der Waals surface area contributed by atoms with Gasteiger partial charge in [0, 0.05) is 12.6 Å². The van der Waals surface area contributed by atoms with E-state index in [0.29, 0.717) is 28.0 Å². The Hall–Kier alpha value is -4.29. The number of para-hydroxylation sites is 1. The monoisotopic (exact) mass is 497 g/mol. The molecule has 2 aromatic heterocycles. The van der Waals surface area contributed by atoms with Crippen LogP contribution >= 0.6 is 11.6 Å². The van der Waals surface area contributed by atoms with Crippen molar-refractivity contribution in [2.75, 3.05) is 0 Å². The van der Waals surface area contributed by atoms with Crippen LogP contribution in [0.25, 0.3) is 11.3 Å². The van der Waals surface area contributed by atoms with E-state index < -0.39 is 0 Å². The van der Waals surface area contributed by atoms with Crippen LogP contribution < -0.4 is 4.74 Å². The summed E-state index contributed by atoms with van der Waals surface area (Å²) in [6, 6.07) is 30.1. The van der Waals surface area contributed by atoms with Crippen molar-refractivity contribution in [2.45, 2.75) is 13.1 Å². The molecule has 0 aliphatic rings. The summed E-state index contributed by atoms with van der Waals surface area (Å²) in [5, 5.41) is 5.17. The van der Waals surface area contributed by atoms with Gasteiger partial charge in [0.15, 0.2) is 0 Å². The Balaban J connectivity index is 1.60. The van der Waals surface area contributed by atoms with Crippen molar-refractivity contribution in [2.24, 2.45) is 7.05 Å². The van der Waals surface area contributed by atoms with Crippen molar-refractivity contribution in [3.63, 3.8) is 0 Å². The van der Waals surface area contributed by atoms with Crippen molar-refractivity contribution >= 4 is 17.5 Å². The third kappa shape index (κ3) is 5.04. The maximum absolute atomic E-state index is 13.8. The normalized spacial score (nSPS) is 10.8. The van der Waals surface area contributed by atoms with Gasteiger partial charge in [-0.1, -0.05) is 72.3 Å². The van der Waals surface area contributed by atoms with Crippen LogP contribution in [-0.2, 0) is 20.1 Å². The summed E-state index contributed by atoms with van der Waals surface area (Å²) in [5.74, 6) is 1.67. The molecule has 6 nitrogen and oxygen atoms in total. The predicted octanol–water partition coefficient (Wildman–Crippen LogP) is 6.97. The minimum atomic E-state index is -0.217. The molecule has 7 heteroatoms. The van der Waals surface area contributed by atoms with Gasteiger partial charge < -0.3 is 14.1 Å². The van der Waals surface area contributed by atoms with Gasteiger partial charge in [-0.15, -0.1) is 0 Å². The van der Waals surface area contributed by atoms with Crippen LogP contribution in [0.1, 0.15) is 21.7 Å². The van der Waals surface area contributed by atoms with Gasteiger partial charge in [-0.25, -0.2) is 4.68 Å². The number of carbonyl (C=O) groups excluding carboxylic acids is 1. The van der Waals surface area contributed by atoms with Crippen LogP contribution in [0.3, 0.4) is 0 Å². The van der Waals surface area contributed by atoms with E-state index in [-0.39, 0.29) is 19.0 Å². The summed E-state index contributed by atoms with van der Waals surface area (Å²) in [4.78, 5) is 15.4. The molecule has 0 saturated carbocycles. The molecule has 0 bridgehead atoms. The number of furan rings is 1. The number of hydrogen-bond acceptors (Lipinski definition) is 4. The molecule has 1 amide bonds. The smallest absolute Gasteiger partial charge is 0.256 e. The molecule has 0 aliphatic heterocycles. The van der Waals surface area contributed by atoms with E-state index >= 15 is 0 Å². The second-order valence-electron chi connectivity index (χ2n) is 8.26. The SMILES string of the molecule is Cn1nc(-c2ccccc2)c(CN(Cc2ccco2)C(=O)c2ccccc2Cl)c1Oc1ccccc1. The van der Waals surface area contributed by atoms with Crippen molar-refractivity contribution in [3.8, 4) is 22.9 Å². The number of aromatic nitrogens is 2. The molecule has 0 unspecified atom stereocenters.